The Labute approximate surface area is 107 Å². The zero-order valence-electron chi connectivity index (χ0n) is 9.41. The zero-order valence-corrected chi connectivity index (χ0v) is 10.2. The number of aliphatic carboxylic acids is 2. The lowest BCUT2D eigenvalue weighted by Crippen LogP contribution is -2.46. The number of halogens is 1. The van der Waals surface area contributed by atoms with Crippen LogP contribution in [0.1, 0.15) is 0 Å². The molecule has 0 fully saturated rings. The molecule has 0 bridgehead atoms. The first-order chi connectivity index (χ1) is 8.73. The van der Waals surface area contributed by atoms with Crippen LogP contribution < -0.4 is 10.2 Å². The van der Waals surface area contributed by atoms with Crippen LogP contribution >= 0.6 is 0 Å². The summed E-state index contributed by atoms with van der Waals surface area (Å²) in [6.07, 6.45) is 0. The Balaban J connectivity index is 3.14. The van der Waals surface area contributed by atoms with Gasteiger partial charge in [0.2, 0.25) is 10.0 Å². The van der Waals surface area contributed by atoms with Gasteiger partial charge in [0.05, 0.1) is 29.9 Å². The Morgan fingerprint density at radius 1 is 1.05 bits per heavy atom. The number of hydrogen-bond donors (Lipinski definition) is 0. The van der Waals surface area contributed by atoms with E-state index < -0.39 is 45.8 Å². The zero-order chi connectivity index (χ0) is 14.6. The third-order valence-electron chi connectivity index (χ3n) is 2.06. The minimum Gasteiger partial charge on any atom is -0.549 e. The normalized spacial score (nSPS) is 11.5. The molecule has 1 rings (SSSR count). The van der Waals surface area contributed by atoms with Crippen LogP contribution in [0.2, 0.25) is 0 Å². The number of sulfonamides is 1. The van der Waals surface area contributed by atoms with Gasteiger partial charge in [-0.25, -0.2) is 12.8 Å². The van der Waals surface area contributed by atoms with E-state index in [-0.39, 0.29) is 4.31 Å². The Hall–Kier alpha value is -2.00. The maximum absolute atomic E-state index is 12.7. The van der Waals surface area contributed by atoms with Crippen LogP contribution in [0.25, 0.3) is 0 Å². The Bertz CT molecular complexity index is 567. The number of rotatable bonds is 6. The minimum atomic E-state index is -4.38. The second-order valence-corrected chi connectivity index (χ2v) is 5.41. The highest BCUT2D eigenvalue weighted by Gasteiger charge is 2.24. The van der Waals surface area contributed by atoms with Crippen molar-refractivity contribution in [1.82, 2.24) is 4.31 Å². The SMILES string of the molecule is O=C([O-])CN(CC(=O)[O-])S(=O)(=O)c1ccc(F)cc1. The first-order valence-corrected chi connectivity index (χ1v) is 6.33. The van der Waals surface area contributed by atoms with Gasteiger partial charge in [0.1, 0.15) is 5.82 Å². The summed E-state index contributed by atoms with van der Waals surface area (Å²) < 4.78 is 36.7. The van der Waals surface area contributed by atoms with Crippen LogP contribution in [-0.2, 0) is 19.6 Å². The van der Waals surface area contributed by atoms with Gasteiger partial charge < -0.3 is 19.8 Å². The average molecular weight is 289 g/mol. The summed E-state index contributed by atoms with van der Waals surface area (Å²) in [4.78, 5) is 20.4. The van der Waals surface area contributed by atoms with E-state index in [9.17, 15) is 32.6 Å². The van der Waals surface area contributed by atoms with Gasteiger partial charge in [-0.05, 0) is 24.3 Å². The van der Waals surface area contributed by atoms with Crippen molar-refractivity contribution in [2.75, 3.05) is 13.1 Å². The van der Waals surface area contributed by atoms with Crippen LogP contribution in [-0.4, -0.2) is 37.8 Å². The lowest BCUT2D eigenvalue weighted by atomic mass is 10.4. The quantitative estimate of drug-likeness (QED) is 0.563. The number of carbonyl (C=O) groups excluding carboxylic acids is 2. The Morgan fingerprint density at radius 3 is 1.84 bits per heavy atom. The summed E-state index contributed by atoms with van der Waals surface area (Å²) in [5.41, 5.74) is 0. The number of benzene rings is 1. The molecule has 0 aliphatic rings. The molecule has 1 aromatic carbocycles. The summed E-state index contributed by atoms with van der Waals surface area (Å²) >= 11 is 0. The number of carboxylic acids is 2. The van der Waals surface area contributed by atoms with Crippen LogP contribution in [0.5, 0.6) is 0 Å². The molecule has 0 N–H and O–H groups in total. The number of carbonyl (C=O) groups is 2. The third-order valence-corrected chi connectivity index (χ3v) is 3.87. The molecule has 0 heterocycles. The molecule has 0 atom stereocenters. The van der Waals surface area contributed by atoms with Gasteiger partial charge in [-0.15, -0.1) is 0 Å². The van der Waals surface area contributed by atoms with Crippen molar-refractivity contribution in [3.05, 3.63) is 30.1 Å². The van der Waals surface area contributed by atoms with Crippen molar-refractivity contribution in [3.8, 4) is 0 Å². The average Bonchev–Trinajstić information content (AvgIpc) is 2.27. The lowest BCUT2D eigenvalue weighted by molar-refractivity contribution is -0.308. The summed E-state index contributed by atoms with van der Waals surface area (Å²) in [7, 11) is -4.38. The molecule has 0 aliphatic heterocycles. The van der Waals surface area contributed by atoms with Crippen LogP contribution in [0.3, 0.4) is 0 Å². The van der Waals surface area contributed by atoms with Crippen molar-refractivity contribution < 1.29 is 32.6 Å². The van der Waals surface area contributed by atoms with E-state index in [1.807, 2.05) is 0 Å². The molecular formula is C10H8FNO6S-2. The maximum atomic E-state index is 12.7. The van der Waals surface area contributed by atoms with Crippen molar-refractivity contribution in [1.29, 1.82) is 0 Å². The van der Waals surface area contributed by atoms with Gasteiger partial charge in [-0.3, -0.25) is 0 Å². The molecule has 7 nitrogen and oxygen atoms in total. The highest BCUT2D eigenvalue weighted by atomic mass is 32.2. The molecule has 9 heteroatoms. The molecule has 0 spiro atoms. The van der Waals surface area contributed by atoms with Crippen LogP contribution in [0, 0.1) is 5.82 Å². The molecule has 0 amide bonds. The molecule has 0 unspecified atom stereocenters. The monoisotopic (exact) mass is 289 g/mol. The Kier molecular flexibility index (Phi) is 4.57. The molecule has 1 aromatic rings. The standard InChI is InChI=1S/C10H10FNO6S/c11-7-1-3-8(4-2-7)19(17,18)12(5-9(13)14)6-10(15)16/h1-4H,5-6H2,(H,13,14)(H,15,16)/p-2. The molecular weight excluding hydrogens is 281 g/mol. The number of hydrogen-bond acceptors (Lipinski definition) is 6. The summed E-state index contributed by atoms with van der Waals surface area (Å²) in [5.74, 6) is -4.23. The van der Waals surface area contributed by atoms with Gasteiger partial charge in [0.25, 0.3) is 0 Å². The molecule has 0 radical (unpaired) electrons. The predicted octanol–water partition coefficient (Wildman–Crippen LogP) is -2.68. The highest BCUT2D eigenvalue weighted by Crippen LogP contribution is 2.15. The summed E-state index contributed by atoms with van der Waals surface area (Å²) in [6, 6.07) is 3.48. The summed E-state index contributed by atoms with van der Waals surface area (Å²) in [6.45, 7) is -2.29. The van der Waals surface area contributed by atoms with E-state index >= 15 is 0 Å². The van der Waals surface area contributed by atoms with Crippen molar-refractivity contribution in [3.63, 3.8) is 0 Å². The number of nitrogens with zero attached hydrogens (tertiary/aromatic N) is 1. The fourth-order valence-corrected chi connectivity index (χ4v) is 2.60. The molecule has 0 saturated carbocycles. The topological polar surface area (TPSA) is 118 Å². The van der Waals surface area contributed by atoms with E-state index in [1.165, 1.54) is 0 Å². The highest BCUT2D eigenvalue weighted by molar-refractivity contribution is 7.89. The van der Waals surface area contributed by atoms with Gasteiger partial charge in [-0.1, -0.05) is 0 Å². The van der Waals surface area contributed by atoms with Crippen molar-refractivity contribution in [2.45, 2.75) is 4.90 Å². The van der Waals surface area contributed by atoms with Gasteiger partial charge >= 0.3 is 0 Å². The first-order valence-electron chi connectivity index (χ1n) is 4.89. The predicted molar refractivity (Wildman–Crippen MR) is 55.2 cm³/mol. The summed E-state index contributed by atoms with van der Waals surface area (Å²) in [5, 5.41) is 20.9. The molecule has 104 valence electrons. The number of carboxylic acid groups (broad SMARTS) is 2. The van der Waals surface area contributed by atoms with E-state index in [2.05, 4.69) is 0 Å². The van der Waals surface area contributed by atoms with E-state index in [0.717, 1.165) is 24.3 Å². The van der Waals surface area contributed by atoms with Crippen LogP contribution in [0.15, 0.2) is 29.2 Å². The van der Waals surface area contributed by atoms with Crippen LogP contribution in [0.4, 0.5) is 4.39 Å². The largest absolute Gasteiger partial charge is 0.549 e. The smallest absolute Gasteiger partial charge is 0.243 e. The van der Waals surface area contributed by atoms with E-state index in [4.69, 9.17) is 0 Å². The fourth-order valence-electron chi connectivity index (χ4n) is 1.27. The molecule has 0 aromatic heterocycles. The first kappa shape index (κ1) is 15.1. The third kappa shape index (κ3) is 4.00. The minimum absolute atomic E-state index is 0.158. The van der Waals surface area contributed by atoms with Gasteiger partial charge in [0.15, 0.2) is 0 Å². The van der Waals surface area contributed by atoms with Crippen molar-refractivity contribution >= 4 is 22.0 Å². The molecule has 0 aliphatic carbocycles. The fraction of sp³-hybridized carbons (Fsp3) is 0.200. The maximum Gasteiger partial charge on any atom is 0.243 e. The second-order valence-electron chi connectivity index (χ2n) is 3.47. The van der Waals surface area contributed by atoms with E-state index in [0.29, 0.717) is 0 Å². The second kappa shape index (κ2) is 5.76. The van der Waals surface area contributed by atoms with Gasteiger partial charge in [0, 0.05) is 0 Å². The van der Waals surface area contributed by atoms with Gasteiger partial charge in [-0.2, -0.15) is 4.31 Å². The molecule has 0 saturated heterocycles. The van der Waals surface area contributed by atoms with Crippen molar-refractivity contribution in [2.24, 2.45) is 0 Å². The van der Waals surface area contributed by atoms with E-state index in [1.54, 1.807) is 0 Å². The molecule has 19 heavy (non-hydrogen) atoms. The lowest BCUT2D eigenvalue weighted by Gasteiger charge is -2.22. The Morgan fingerprint density at radius 2 is 1.47 bits per heavy atom.